The number of rotatable bonds is 2. The van der Waals surface area contributed by atoms with E-state index in [-0.39, 0.29) is 0 Å². The highest BCUT2D eigenvalue weighted by atomic mass is 16.5. The fourth-order valence-electron chi connectivity index (χ4n) is 0.367. The second kappa shape index (κ2) is 8.41. The minimum Gasteiger partial charge on any atom is -0.371 e. The summed E-state index contributed by atoms with van der Waals surface area (Å²) in [5.74, 6) is 0. The van der Waals surface area contributed by atoms with E-state index in [1.807, 2.05) is 0 Å². The molecule has 0 aromatic carbocycles. The Kier molecular flexibility index (Phi) is 9.72. The molecule has 0 saturated carbocycles. The van der Waals surface area contributed by atoms with Crippen molar-refractivity contribution in [3.8, 4) is 0 Å². The molecule has 0 fully saturated rings. The Labute approximate surface area is 71.4 Å². The van der Waals surface area contributed by atoms with E-state index in [9.17, 15) is 0 Å². The van der Waals surface area contributed by atoms with Crippen LogP contribution in [0.3, 0.4) is 0 Å². The average molecular weight is 180 g/mol. The second-order valence-corrected chi connectivity index (χ2v) is 2.10. The maximum Gasteiger partial charge on any atom is 0.193 e. The number of aliphatic hydroxyl groups excluding tert-OH is 2. The van der Waals surface area contributed by atoms with E-state index >= 15 is 0 Å². The summed E-state index contributed by atoms with van der Waals surface area (Å²) in [6, 6.07) is 0. The van der Waals surface area contributed by atoms with Gasteiger partial charge in [-0.25, -0.2) is 0 Å². The molecule has 0 aromatic heterocycles. The zero-order valence-corrected chi connectivity index (χ0v) is 7.47. The van der Waals surface area contributed by atoms with Crippen LogP contribution in [0.15, 0.2) is 5.10 Å². The van der Waals surface area contributed by atoms with Gasteiger partial charge in [0.05, 0.1) is 5.71 Å². The predicted octanol–water partition coefficient (Wildman–Crippen LogP) is -1.84. The fraction of sp³-hybridized carbons (Fsp3) is 0.833. The number of hydrazone groups is 1. The van der Waals surface area contributed by atoms with Crippen LogP contribution < -0.4 is 0 Å². The van der Waals surface area contributed by atoms with Gasteiger partial charge in [-0.15, -0.1) is 0 Å². The van der Waals surface area contributed by atoms with Gasteiger partial charge in [-0.2, -0.15) is 5.10 Å². The first-order valence-electron chi connectivity index (χ1n) is 3.26. The van der Waals surface area contributed by atoms with E-state index in [2.05, 4.69) is 5.10 Å². The summed E-state index contributed by atoms with van der Waals surface area (Å²) in [6.45, 7) is 0.796. The molecule has 0 aliphatic rings. The van der Waals surface area contributed by atoms with Crippen molar-refractivity contribution in [2.75, 3.05) is 20.9 Å². The molecule has 0 radical (unpaired) electrons. The maximum absolute atomic E-state index is 8.47. The van der Waals surface area contributed by atoms with Gasteiger partial charge >= 0.3 is 0 Å². The van der Waals surface area contributed by atoms with Crippen molar-refractivity contribution >= 4 is 5.71 Å². The first kappa shape index (κ1) is 13.9. The lowest BCUT2D eigenvalue weighted by Crippen LogP contribution is -2.19. The SMILES string of the molecule is C/C(=N\N(C)C)C(O)O.OCO. The standard InChI is InChI=1S/C5H12N2O2.CH4O2/c1-4(5(8)9)6-7(2)3;2-1-3/h5,8-9H,1-3H3;2-3H,1H2/b6-4+;. The van der Waals surface area contributed by atoms with Crippen LogP contribution in [0.5, 0.6) is 0 Å². The van der Waals surface area contributed by atoms with Gasteiger partial charge in [-0.1, -0.05) is 0 Å². The van der Waals surface area contributed by atoms with Gasteiger partial charge in [0.2, 0.25) is 0 Å². The van der Waals surface area contributed by atoms with E-state index in [1.165, 1.54) is 5.01 Å². The van der Waals surface area contributed by atoms with Crippen molar-refractivity contribution in [3.63, 3.8) is 0 Å². The van der Waals surface area contributed by atoms with Crippen molar-refractivity contribution in [2.24, 2.45) is 5.10 Å². The molecular formula is C6H16N2O4. The smallest absolute Gasteiger partial charge is 0.193 e. The van der Waals surface area contributed by atoms with Crippen molar-refractivity contribution in [3.05, 3.63) is 0 Å². The second-order valence-electron chi connectivity index (χ2n) is 2.10. The maximum atomic E-state index is 8.47. The zero-order chi connectivity index (χ0) is 10.1. The molecule has 0 aliphatic heterocycles. The predicted molar refractivity (Wildman–Crippen MR) is 44.3 cm³/mol. The summed E-state index contributed by atoms with van der Waals surface area (Å²) in [5.41, 5.74) is 0.292. The molecule has 6 heteroatoms. The lowest BCUT2D eigenvalue weighted by molar-refractivity contribution is 0.0179. The monoisotopic (exact) mass is 180 g/mol. The summed E-state index contributed by atoms with van der Waals surface area (Å²) in [6.07, 6.45) is -1.44. The van der Waals surface area contributed by atoms with Crippen LogP contribution in [0.4, 0.5) is 0 Å². The molecule has 0 bridgehead atoms. The quantitative estimate of drug-likeness (QED) is 0.227. The molecular weight excluding hydrogens is 164 g/mol. The summed E-state index contributed by atoms with van der Waals surface area (Å²) in [7, 11) is 3.43. The van der Waals surface area contributed by atoms with Crippen LogP contribution in [0.25, 0.3) is 0 Å². The molecule has 0 amide bonds. The van der Waals surface area contributed by atoms with E-state index < -0.39 is 13.1 Å². The molecule has 0 heterocycles. The Morgan fingerprint density at radius 2 is 1.67 bits per heavy atom. The molecule has 4 N–H and O–H groups in total. The van der Waals surface area contributed by atoms with Gasteiger partial charge in [0, 0.05) is 14.1 Å². The van der Waals surface area contributed by atoms with Crippen LogP contribution in [-0.2, 0) is 0 Å². The summed E-state index contributed by atoms with van der Waals surface area (Å²) in [5, 5.41) is 36.4. The number of hydrogen-bond acceptors (Lipinski definition) is 6. The average Bonchev–Trinajstić information content (AvgIpc) is 1.87. The molecule has 6 nitrogen and oxygen atoms in total. The van der Waals surface area contributed by atoms with Gasteiger partial charge in [0.15, 0.2) is 6.29 Å². The molecule has 0 aromatic rings. The highest BCUT2D eigenvalue weighted by molar-refractivity contribution is 5.84. The van der Waals surface area contributed by atoms with E-state index in [0.29, 0.717) is 5.71 Å². The minimum absolute atomic E-state index is 0.292. The van der Waals surface area contributed by atoms with Gasteiger partial charge < -0.3 is 25.4 Å². The van der Waals surface area contributed by atoms with Crippen molar-refractivity contribution in [1.29, 1.82) is 0 Å². The van der Waals surface area contributed by atoms with Crippen molar-refractivity contribution in [2.45, 2.75) is 13.2 Å². The van der Waals surface area contributed by atoms with Gasteiger partial charge in [0.25, 0.3) is 0 Å². The molecule has 0 saturated heterocycles. The summed E-state index contributed by atoms with van der Waals surface area (Å²) in [4.78, 5) is 0. The zero-order valence-electron chi connectivity index (χ0n) is 7.47. The minimum atomic E-state index is -1.44. The van der Waals surface area contributed by atoms with Crippen LogP contribution >= 0.6 is 0 Å². The third-order valence-corrected chi connectivity index (χ3v) is 0.731. The lowest BCUT2D eigenvalue weighted by atomic mass is 10.4. The van der Waals surface area contributed by atoms with Crippen LogP contribution in [0.2, 0.25) is 0 Å². The number of nitrogens with zero attached hydrogens (tertiary/aromatic N) is 2. The van der Waals surface area contributed by atoms with Crippen LogP contribution in [-0.4, -0.2) is 58.3 Å². The highest BCUT2D eigenvalue weighted by Crippen LogP contribution is 1.84. The van der Waals surface area contributed by atoms with Crippen LogP contribution in [0.1, 0.15) is 6.92 Å². The Morgan fingerprint density at radius 1 is 1.33 bits per heavy atom. The Balaban J connectivity index is 0. The normalized spacial score (nSPS) is 10.8. The third kappa shape index (κ3) is 12.0. The number of aliphatic hydroxyl groups is 4. The van der Waals surface area contributed by atoms with Crippen molar-refractivity contribution < 1.29 is 20.4 Å². The Hall–Kier alpha value is -0.690. The third-order valence-electron chi connectivity index (χ3n) is 0.731. The Morgan fingerprint density at radius 3 is 1.75 bits per heavy atom. The first-order chi connectivity index (χ1) is 5.45. The van der Waals surface area contributed by atoms with Gasteiger partial charge in [-0.3, -0.25) is 0 Å². The summed E-state index contributed by atoms with van der Waals surface area (Å²) >= 11 is 0. The topological polar surface area (TPSA) is 96.5 Å². The molecule has 74 valence electrons. The van der Waals surface area contributed by atoms with Gasteiger partial charge in [0.1, 0.15) is 6.79 Å². The fourth-order valence-corrected chi connectivity index (χ4v) is 0.367. The van der Waals surface area contributed by atoms with E-state index in [1.54, 1.807) is 21.0 Å². The highest BCUT2D eigenvalue weighted by Gasteiger charge is 2.00. The molecule has 0 unspecified atom stereocenters. The summed E-state index contributed by atoms with van der Waals surface area (Å²) < 4.78 is 0. The van der Waals surface area contributed by atoms with Crippen LogP contribution in [0, 0.1) is 0 Å². The first-order valence-corrected chi connectivity index (χ1v) is 3.26. The van der Waals surface area contributed by atoms with Crippen molar-refractivity contribution in [1.82, 2.24) is 5.01 Å². The molecule has 0 aliphatic carbocycles. The van der Waals surface area contributed by atoms with E-state index in [0.717, 1.165) is 0 Å². The number of hydrogen-bond donors (Lipinski definition) is 4. The molecule has 12 heavy (non-hydrogen) atoms. The molecule has 0 atom stereocenters. The van der Waals surface area contributed by atoms with E-state index in [4.69, 9.17) is 20.4 Å². The molecule has 0 rings (SSSR count). The Bertz CT molecular complexity index is 125. The lowest BCUT2D eigenvalue weighted by Gasteiger charge is -2.07. The largest absolute Gasteiger partial charge is 0.371 e. The van der Waals surface area contributed by atoms with Gasteiger partial charge in [-0.05, 0) is 6.92 Å². The molecule has 0 spiro atoms.